The molecule has 1 aromatic heterocycles. The number of nitrogens with one attached hydrogen (secondary N) is 2. The minimum Gasteiger partial charge on any atom is -0.363 e. The Bertz CT molecular complexity index is 863. The van der Waals surface area contributed by atoms with Crippen molar-refractivity contribution in [1.29, 1.82) is 0 Å². The van der Waals surface area contributed by atoms with Gasteiger partial charge in [-0.3, -0.25) is 4.79 Å². The van der Waals surface area contributed by atoms with Gasteiger partial charge in [-0.05, 0) is 35.9 Å². The van der Waals surface area contributed by atoms with Gasteiger partial charge in [0.05, 0.1) is 6.42 Å². The molecule has 0 aliphatic carbocycles. The lowest BCUT2D eigenvalue weighted by Gasteiger charge is -2.12. The zero-order valence-electron chi connectivity index (χ0n) is 14.8. The number of benzene rings is 2. The molecule has 2 aromatic carbocycles. The van der Waals surface area contributed by atoms with Gasteiger partial charge in [0.25, 0.3) is 0 Å². The van der Waals surface area contributed by atoms with E-state index in [1.165, 1.54) is 0 Å². The first kappa shape index (κ1) is 17.4. The minimum atomic E-state index is -0.0427. The number of hydrogen-bond acceptors (Lipinski definition) is 5. The van der Waals surface area contributed by atoms with Gasteiger partial charge >= 0.3 is 0 Å². The molecule has 132 valence electrons. The Kier molecular flexibility index (Phi) is 5.43. The van der Waals surface area contributed by atoms with E-state index in [1.807, 2.05) is 79.7 Å². The molecule has 0 atom stereocenters. The summed E-state index contributed by atoms with van der Waals surface area (Å²) in [5, 5.41) is 6.06. The van der Waals surface area contributed by atoms with Crippen LogP contribution in [-0.4, -0.2) is 30.0 Å². The van der Waals surface area contributed by atoms with Crippen LogP contribution in [0.4, 0.5) is 23.1 Å². The van der Waals surface area contributed by atoms with Gasteiger partial charge in [-0.15, -0.1) is 0 Å². The quantitative estimate of drug-likeness (QED) is 0.714. The van der Waals surface area contributed by atoms with E-state index in [4.69, 9.17) is 0 Å². The molecule has 1 heterocycles. The fourth-order valence-corrected chi connectivity index (χ4v) is 2.41. The Hall–Kier alpha value is -3.41. The zero-order valence-corrected chi connectivity index (χ0v) is 14.8. The van der Waals surface area contributed by atoms with E-state index in [-0.39, 0.29) is 5.91 Å². The molecule has 26 heavy (non-hydrogen) atoms. The summed E-state index contributed by atoms with van der Waals surface area (Å²) in [7, 11) is 3.86. The normalized spacial score (nSPS) is 10.2. The summed E-state index contributed by atoms with van der Waals surface area (Å²) >= 11 is 0. The monoisotopic (exact) mass is 347 g/mol. The number of hydrogen-bond donors (Lipinski definition) is 2. The summed E-state index contributed by atoms with van der Waals surface area (Å²) in [6.45, 7) is 0. The molecule has 6 nitrogen and oxygen atoms in total. The van der Waals surface area contributed by atoms with Crippen LogP contribution in [0.2, 0.25) is 0 Å². The molecular weight excluding hydrogens is 326 g/mol. The largest absolute Gasteiger partial charge is 0.363 e. The first-order valence-electron chi connectivity index (χ1n) is 8.31. The molecule has 0 aliphatic rings. The SMILES string of the molecule is CN(C)c1ccnc(Nc2ccc(NC(=O)Cc3ccccc3)cc2)n1. The fraction of sp³-hybridized carbons (Fsp3) is 0.150. The van der Waals surface area contributed by atoms with Crippen molar-refractivity contribution < 1.29 is 4.79 Å². The first-order chi connectivity index (χ1) is 12.6. The van der Waals surface area contributed by atoms with E-state index in [0.29, 0.717) is 12.4 Å². The van der Waals surface area contributed by atoms with Crippen LogP contribution in [0.1, 0.15) is 5.56 Å². The van der Waals surface area contributed by atoms with Gasteiger partial charge in [-0.1, -0.05) is 30.3 Å². The Morgan fingerprint density at radius 3 is 2.35 bits per heavy atom. The van der Waals surface area contributed by atoms with Crippen LogP contribution < -0.4 is 15.5 Å². The van der Waals surface area contributed by atoms with Crippen molar-refractivity contribution in [2.75, 3.05) is 29.6 Å². The Morgan fingerprint density at radius 2 is 1.65 bits per heavy atom. The van der Waals surface area contributed by atoms with E-state index in [0.717, 1.165) is 22.8 Å². The van der Waals surface area contributed by atoms with Crippen LogP contribution >= 0.6 is 0 Å². The van der Waals surface area contributed by atoms with E-state index in [2.05, 4.69) is 20.6 Å². The number of carbonyl (C=O) groups excluding carboxylic acids is 1. The van der Waals surface area contributed by atoms with Crippen LogP contribution in [0, 0.1) is 0 Å². The third-order valence-electron chi connectivity index (χ3n) is 3.73. The maximum atomic E-state index is 12.1. The van der Waals surface area contributed by atoms with Gasteiger partial charge in [0.15, 0.2) is 0 Å². The van der Waals surface area contributed by atoms with Gasteiger partial charge in [0.2, 0.25) is 11.9 Å². The lowest BCUT2D eigenvalue weighted by atomic mass is 10.1. The van der Waals surface area contributed by atoms with Crippen LogP contribution in [0.25, 0.3) is 0 Å². The molecule has 0 saturated carbocycles. The molecule has 0 radical (unpaired) electrons. The van der Waals surface area contributed by atoms with E-state index in [1.54, 1.807) is 6.20 Å². The number of aromatic nitrogens is 2. The highest BCUT2D eigenvalue weighted by molar-refractivity contribution is 5.92. The number of amides is 1. The standard InChI is InChI=1S/C20H21N5O/c1-25(2)18-12-13-21-20(24-18)23-17-10-8-16(9-11-17)22-19(26)14-15-6-4-3-5-7-15/h3-13H,14H2,1-2H3,(H,22,26)(H,21,23,24). The molecule has 3 aromatic rings. The summed E-state index contributed by atoms with van der Waals surface area (Å²) in [6, 6.07) is 19.0. The highest BCUT2D eigenvalue weighted by Crippen LogP contribution is 2.18. The number of carbonyl (C=O) groups is 1. The van der Waals surface area contributed by atoms with E-state index in [9.17, 15) is 4.79 Å². The maximum absolute atomic E-state index is 12.1. The van der Waals surface area contributed by atoms with Crippen molar-refractivity contribution in [3.63, 3.8) is 0 Å². The van der Waals surface area contributed by atoms with Gasteiger partial charge in [0, 0.05) is 31.7 Å². The third kappa shape index (κ3) is 4.80. The summed E-state index contributed by atoms with van der Waals surface area (Å²) in [4.78, 5) is 22.7. The molecule has 0 aliphatic heterocycles. The lowest BCUT2D eigenvalue weighted by Crippen LogP contribution is -2.14. The average Bonchev–Trinajstić information content (AvgIpc) is 2.64. The molecule has 0 saturated heterocycles. The topological polar surface area (TPSA) is 70.2 Å². The van der Waals surface area contributed by atoms with Crippen molar-refractivity contribution in [2.45, 2.75) is 6.42 Å². The summed E-state index contributed by atoms with van der Waals surface area (Å²) in [6.07, 6.45) is 2.06. The van der Waals surface area contributed by atoms with Gasteiger partial charge < -0.3 is 15.5 Å². The smallest absolute Gasteiger partial charge is 0.229 e. The molecule has 0 bridgehead atoms. The second-order valence-corrected chi connectivity index (χ2v) is 6.05. The zero-order chi connectivity index (χ0) is 18.4. The summed E-state index contributed by atoms with van der Waals surface area (Å²) in [5.74, 6) is 1.31. The van der Waals surface area contributed by atoms with Crippen molar-refractivity contribution >= 4 is 29.0 Å². The van der Waals surface area contributed by atoms with Gasteiger partial charge in [0.1, 0.15) is 5.82 Å². The predicted octanol–water partition coefficient (Wildman–Crippen LogP) is 3.47. The van der Waals surface area contributed by atoms with Crippen LogP contribution in [0.15, 0.2) is 66.9 Å². The molecule has 0 fully saturated rings. The minimum absolute atomic E-state index is 0.0427. The predicted molar refractivity (Wildman–Crippen MR) is 105 cm³/mol. The van der Waals surface area contributed by atoms with Crippen LogP contribution in [-0.2, 0) is 11.2 Å². The Balaban J connectivity index is 1.60. The molecule has 0 spiro atoms. The highest BCUT2D eigenvalue weighted by Gasteiger charge is 2.05. The molecular formula is C20H21N5O. The van der Waals surface area contributed by atoms with Gasteiger partial charge in [-0.2, -0.15) is 4.98 Å². The second kappa shape index (κ2) is 8.11. The molecule has 3 rings (SSSR count). The molecule has 1 amide bonds. The number of anilines is 4. The van der Waals surface area contributed by atoms with Crippen LogP contribution in [0.3, 0.4) is 0 Å². The van der Waals surface area contributed by atoms with Crippen molar-refractivity contribution in [2.24, 2.45) is 0 Å². The molecule has 6 heteroatoms. The van der Waals surface area contributed by atoms with Crippen molar-refractivity contribution in [3.8, 4) is 0 Å². The molecule has 0 unspecified atom stereocenters. The van der Waals surface area contributed by atoms with E-state index < -0.39 is 0 Å². The number of rotatable bonds is 6. The molecule has 2 N–H and O–H groups in total. The second-order valence-electron chi connectivity index (χ2n) is 6.05. The van der Waals surface area contributed by atoms with E-state index >= 15 is 0 Å². The Morgan fingerprint density at radius 1 is 0.962 bits per heavy atom. The number of nitrogens with zero attached hydrogens (tertiary/aromatic N) is 3. The summed E-state index contributed by atoms with van der Waals surface area (Å²) < 4.78 is 0. The average molecular weight is 347 g/mol. The Labute approximate surface area is 152 Å². The van der Waals surface area contributed by atoms with Crippen molar-refractivity contribution in [1.82, 2.24) is 9.97 Å². The third-order valence-corrected chi connectivity index (χ3v) is 3.73. The van der Waals surface area contributed by atoms with Gasteiger partial charge in [-0.25, -0.2) is 4.98 Å². The van der Waals surface area contributed by atoms with Crippen molar-refractivity contribution in [3.05, 3.63) is 72.4 Å². The lowest BCUT2D eigenvalue weighted by molar-refractivity contribution is -0.115. The van der Waals surface area contributed by atoms with Crippen LogP contribution in [0.5, 0.6) is 0 Å². The highest BCUT2D eigenvalue weighted by atomic mass is 16.1. The first-order valence-corrected chi connectivity index (χ1v) is 8.31. The maximum Gasteiger partial charge on any atom is 0.229 e. The summed E-state index contributed by atoms with van der Waals surface area (Å²) in [5.41, 5.74) is 2.59. The fourth-order valence-electron chi connectivity index (χ4n) is 2.41.